The SMILES string of the molecule is CN(C)[C@H](CNC(=O)c1sccc1Cl)Cc1ccccc1. The van der Waals surface area contributed by atoms with Crippen molar-refractivity contribution >= 4 is 28.8 Å². The number of hydrogen-bond donors (Lipinski definition) is 1. The fourth-order valence-corrected chi connectivity index (χ4v) is 3.13. The second kappa shape index (κ2) is 7.59. The molecule has 21 heavy (non-hydrogen) atoms. The Kier molecular flexibility index (Phi) is 5.79. The van der Waals surface area contributed by atoms with E-state index in [4.69, 9.17) is 11.6 Å². The lowest BCUT2D eigenvalue weighted by molar-refractivity contribution is 0.0946. The Bertz CT molecular complexity index is 583. The number of carbonyl (C=O) groups excluding carboxylic acids is 1. The van der Waals surface area contributed by atoms with E-state index < -0.39 is 0 Å². The van der Waals surface area contributed by atoms with E-state index in [0.29, 0.717) is 16.4 Å². The Morgan fingerprint density at radius 2 is 2.00 bits per heavy atom. The number of nitrogens with zero attached hydrogens (tertiary/aromatic N) is 1. The Balaban J connectivity index is 1.95. The molecular formula is C16H19ClN2OS. The molecule has 0 bridgehead atoms. The minimum atomic E-state index is -0.102. The number of hydrogen-bond acceptors (Lipinski definition) is 3. The molecule has 0 aliphatic heterocycles. The van der Waals surface area contributed by atoms with Gasteiger partial charge in [0.15, 0.2) is 0 Å². The van der Waals surface area contributed by atoms with Crippen molar-refractivity contribution in [3.05, 3.63) is 57.2 Å². The summed E-state index contributed by atoms with van der Waals surface area (Å²) in [5.41, 5.74) is 1.26. The van der Waals surface area contributed by atoms with Gasteiger partial charge in [-0.1, -0.05) is 41.9 Å². The first-order chi connectivity index (χ1) is 10.1. The summed E-state index contributed by atoms with van der Waals surface area (Å²) < 4.78 is 0. The molecule has 2 aromatic rings. The molecule has 1 amide bonds. The van der Waals surface area contributed by atoms with Crippen molar-refractivity contribution in [2.45, 2.75) is 12.5 Å². The first kappa shape index (κ1) is 16.0. The fourth-order valence-electron chi connectivity index (χ4n) is 2.07. The van der Waals surface area contributed by atoms with Crippen molar-refractivity contribution in [1.82, 2.24) is 10.2 Å². The van der Waals surface area contributed by atoms with Crippen molar-refractivity contribution in [3.8, 4) is 0 Å². The van der Waals surface area contributed by atoms with Gasteiger partial charge in [-0.15, -0.1) is 11.3 Å². The Morgan fingerprint density at radius 1 is 1.29 bits per heavy atom. The number of nitrogens with one attached hydrogen (secondary N) is 1. The van der Waals surface area contributed by atoms with E-state index >= 15 is 0 Å². The van der Waals surface area contributed by atoms with Crippen LogP contribution in [0.15, 0.2) is 41.8 Å². The predicted molar refractivity (Wildman–Crippen MR) is 89.3 cm³/mol. The van der Waals surface area contributed by atoms with Gasteiger partial charge in [-0.25, -0.2) is 0 Å². The van der Waals surface area contributed by atoms with Gasteiger partial charge in [-0.05, 0) is 37.5 Å². The predicted octanol–water partition coefficient (Wildman–Crippen LogP) is 3.30. The van der Waals surface area contributed by atoms with E-state index in [1.165, 1.54) is 16.9 Å². The Hall–Kier alpha value is -1.36. The summed E-state index contributed by atoms with van der Waals surface area (Å²) >= 11 is 7.35. The van der Waals surface area contributed by atoms with Gasteiger partial charge in [0.2, 0.25) is 0 Å². The van der Waals surface area contributed by atoms with E-state index in [9.17, 15) is 4.79 Å². The van der Waals surface area contributed by atoms with Crippen LogP contribution < -0.4 is 5.32 Å². The van der Waals surface area contributed by atoms with Gasteiger partial charge in [0.1, 0.15) is 4.88 Å². The molecule has 3 nitrogen and oxygen atoms in total. The average Bonchev–Trinajstić information content (AvgIpc) is 2.90. The molecule has 0 fully saturated rings. The van der Waals surface area contributed by atoms with Crippen molar-refractivity contribution in [2.75, 3.05) is 20.6 Å². The first-order valence-electron chi connectivity index (χ1n) is 6.79. The van der Waals surface area contributed by atoms with E-state index in [-0.39, 0.29) is 11.9 Å². The number of rotatable bonds is 6. The maximum atomic E-state index is 12.1. The zero-order valence-corrected chi connectivity index (χ0v) is 13.7. The minimum Gasteiger partial charge on any atom is -0.350 e. The quantitative estimate of drug-likeness (QED) is 0.885. The van der Waals surface area contributed by atoms with Gasteiger partial charge < -0.3 is 10.2 Å². The molecule has 1 atom stereocenters. The van der Waals surface area contributed by atoms with Crippen molar-refractivity contribution in [3.63, 3.8) is 0 Å². The van der Waals surface area contributed by atoms with Crippen LogP contribution in [-0.4, -0.2) is 37.5 Å². The fraction of sp³-hybridized carbons (Fsp3) is 0.312. The summed E-state index contributed by atoms with van der Waals surface area (Å²) in [6, 6.07) is 12.3. The summed E-state index contributed by atoms with van der Waals surface area (Å²) in [6.07, 6.45) is 0.895. The minimum absolute atomic E-state index is 0.102. The van der Waals surface area contributed by atoms with Crippen molar-refractivity contribution in [1.29, 1.82) is 0 Å². The smallest absolute Gasteiger partial charge is 0.262 e. The monoisotopic (exact) mass is 322 g/mol. The van der Waals surface area contributed by atoms with Gasteiger partial charge >= 0.3 is 0 Å². The number of thiophene rings is 1. The lowest BCUT2D eigenvalue weighted by Gasteiger charge is -2.24. The molecule has 5 heteroatoms. The van der Waals surface area contributed by atoms with E-state index in [0.717, 1.165) is 6.42 Å². The lowest BCUT2D eigenvalue weighted by Crippen LogP contribution is -2.41. The second-order valence-corrected chi connectivity index (χ2v) is 6.44. The number of likely N-dealkylation sites (N-methyl/N-ethyl adjacent to an activating group) is 1. The van der Waals surface area contributed by atoms with Crippen LogP contribution in [0.2, 0.25) is 5.02 Å². The molecular weight excluding hydrogens is 304 g/mol. The van der Waals surface area contributed by atoms with E-state index in [1.807, 2.05) is 37.7 Å². The highest BCUT2D eigenvalue weighted by molar-refractivity contribution is 7.12. The normalized spacial score (nSPS) is 12.4. The maximum Gasteiger partial charge on any atom is 0.262 e. The van der Waals surface area contributed by atoms with Crippen LogP contribution in [0.3, 0.4) is 0 Å². The summed E-state index contributed by atoms with van der Waals surface area (Å²) in [4.78, 5) is 14.8. The molecule has 0 aliphatic rings. The largest absolute Gasteiger partial charge is 0.350 e. The van der Waals surface area contributed by atoms with Crippen LogP contribution >= 0.6 is 22.9 Å². The molecule has 0 saturated heterocycles. The molecule has 2 rings (SSSR count). The van der Waals surface area contributed by atoms with E-state index in [2.05, 4.69) is 22.3 Å². The van der Waals surface area contributed by atoms with Crippen LogP contribution in [-0.2, 0) is 6.42 Å². The van der Waals surface area contributed by atoms with Crippen LogP contribution in [0.1, 0.15) is 15.2 Å². The number of amides is 1. The molecule has 0 spiro atoms. The molecule has 112 valence electrons. The van der Waals surface area contributed by atoms with Gasteiger partial charge in [-0.2, -0.15) is 0 Å². The topological polar surface area (TPSA) is 32.3 Å². The molecule has 1 aromatic carbocycles. The molecule has 0 saturated carbocycles. The van der Waals surface area contributed by atoms with Crippen molar-refractivity contribution < 1.29 is 4.79 Å². The highest BCUT2D eigenvalue weighted by Crippen LogP contribution is 2.21. The number of benzene rings is 1. The maximum absolute atomic E-state index is 12.1. The second-order valence-electron chi connectivity index (χ2n) is 5.11. The Labute approximate surface area is 134 Å². The summed E-state index contributed by atoms with van der Waals surface area (Å²) in [6.45, 7) is 0.592. The molecule has 0 radical (unpaired) electrons. The standard InChI is InChI=1S/C16H19ClN2OS/c1-19(2)13(10-12-6-4-3-5-7-12)11-18-16(20)15-14(17)8-9-21-15/h3-9,13H,10-11H2,1-2H3,(H,18,20)/t13-/m0/s1. The third-order valence-electron chi connectivity index (χ3n) is 3.37. The van der Waals surface area contributed by atoms with Gasteiger partial charge in [0, 0.05) is 12.6 Å². The highest BCUT2D eigenvalue weighted by atomic mass is 35.5. The van der Waals surface area contributed by atoms with Crippen LogP contribution in [0.25, 0.3) is 0 Å². The van der Waals surface area contributed by atoms with Crippen LogP contribution in [0.5, 0.6) is 0 Å². The van der Waals surface area contributed by atoms with E-state index in [1.54, 1.807) is 6.07 Å². The highest BCUT2D eigenvalue weighted by Gasteiger charge is 2.16. The average molecular weight is 323 g/mol. The van der Waals surface area contributed by atoms with Crippen LogP contribution in [0.4, 0.5) is 0 Å². The molecule has 0 aliphatic carbocycles. The van der Waals surface area contributed by atoms with Gasteiger partial charge in [-0.3, -0.25) is 4.79 Å². The molecule has 1 heterocycles. The Morgan fingerprint density at radius 3 is 2.57 bits per heavy atom. The number of halogens is 1. The third-order valence-corrected chi connectivity index (χ3v) is 4.71. The van der Waals surface area contributed by atoms with Crippen LogP contribution in [0, 0.1) is 0 Å². The van der Waals surface area contributed by atoms with Gasteiger partial charge in [0.25, 0.3) is 5.91 Å². The third kappa shape index (κ3) is 4.56. The molecule has 1 aromatic heterocycles. The molecule has 1 N–H and O–H groups in total. The number of carbonyl (C=O) groups is 1. The summed E-state index contributed by atoms with van der Waals surface area (Å²) in [7, 11) is 4.05. The zero-order valence-electron chi connectivity index (χ0n) is 12.2. The van der Waals surface area contributed by atoms with Crippen molar-refractivity contribution in [2.24, 2.45) is 0 Å². The lowest BCUT2D eigenvalue weighted by atomic mass is 10.1. The summed E-state index contributed by atoms with van der Waals surface area (Å²) in [5, 5.41) is 5.31. The molecule has 0 unspecified atom stereocenters. The summed E-state index contributed by atoms with van der Waals surface area (Å²) in [5.74, 6) is -0.102. The zero-order chi connectivity index (χ0) is 15.2. The first-order valence-corrected chi connectivity index (χ1v) is 8.05. The van der Waals surface area contributed by atoms with Gasteiger partial charge in [0.05, 0.1) is 5.02 Å².